The van der Waals surface area contributed by atoms with Gasteiger partial charge in [0.05, 0.1) is 0 Å². The van der Waals surface area contributed by atoms with Crippen LogP contribution in [0.15, 0.2) is 31.0 Å². The topological polar surface area (TPSA) is 60.7 Å². The fourth-order valence-corrected chi connectivity index (χ4v) is 1.21. The van der Waals surface area contributed by atoms with Crippen LogP contribution >= 0.6 is 0 Å². The molecule has 0 bridgehead atoms. The third-order valence-corrected chi connectivity index (χ3v) is 2.15. The Morgan fingerprint density at radius 2 is 2.33 bits per heavy atom. The van der Waals surface area contributed by atoms with E-state index < -0.39 is 0 Å². The van der Waals surface area contributed by atoms with Crippen LogP contribution in [0.4, 0.5) is 0 Å². The lowest BCUT2D eigenvalue weighted by Crippen LogP contribution is -2.00. The second kappa shape index (κ2) is 4.00. The van der Waals surface area contributed by atoms with Crippen LogP contribution < -0.4 is 0 Å². The summed E-state index contributed by atoms with van der Waals surface area (Å²) < 4.78 is 1.56. The minimum atomic E-state index is -0.123. The molecule has 2 rings (SSSR count). The predicted octanol–water partition coefficient (Wildman–Crippen LogP) is 0.965. The molecule has 15 heavy (non-hydrogen) atoms. The van der Waals surface area contributed by atoms with Crippen molar-refractivity contribution in [1.82, 2.24) is 19.7 Å². The number of hydrogen-bond acceptors (Lipinski definition) is 4. The van der Waals surface area contributed by atoms with Gasteiger partial charge < -0.3 is 4.79 Å². The molecule has 5 heteroatoms. The van der Waals surface area contributed by atoms with Crippen LogP contribution in [-0.4, -0.2) is 26.0 Å². The van der Waals surface area contributed by atoms with E-state index in [-0.39, 0.29) is 5.92 Å². The standard InChI is InChI=1S/C10H10N4O/c1-8(5-15)9-2-3-10(12-4-9)14-7-11-6-13-14/h2-8H,1H3. The van der Waals surface area contributed by atoms with Gasteiger partial charge in [0.1, 0.15) is 18.9 Å². The molecule has 0 fully saturated rings. The number of carbonyl (C=O) groups is 1. The summed E-state index contributed by atoms with van der Waals surface area (Å²) in [5.41, 5.74) is 0.897. The normalized spacial score (nSPS) is 12.3. The van der Waals surface area contributed by atoms with Crippen molar-refractivity contribution in [3.63, 3.8) is 0 Å². The van der Waals surface area contributed by atoms with Crippen LogP contribution in [0.5, 0.6) is 0 Å². The molecule has 1 atom stereocenters. The van der Waals surface area contributed by atoms with E-state index in [2.05, 4.69) is 15.1 Å². The molecule has 0 aliphatic carbocycles. The molecule has 0 saturated heterocycles. The molecule has 2 heterocycles. The van der Waals surface area contributed by atoms with E-state index in [4.69, 9.17) is 0 Å². The highest BCUT2D eigenvalue weighted by atomic mass is 16.1. The Morgan fingerprint density at radius 1 is 1.47 bits per heavy atom. The summed E-state index contributed by atoms with van der Waals surface area (Å²) in [6.45, 7) is 1.83. The summed E-state index contributed by atoms with van der Waals surface area (Å²) in [5, 5.41) is 3.95. The number of carbonyl (C=O) groups excluding carboxylic acids is 1. The van der Waals surface area contributed by atoms with E-state index in [0.29, 0.717) is 5.82 Å². The van der Waals surface area contributed by atoms with Crippen molar-refractivity contribution >= 4 is 6.29 Å². The highest BCUT2D eigenvalue weighted by Crippen LogP contribution is 2.12. The number of nitrogens with zero attached hydrogens (tertiary/aromatic N) is 4. The van der Waals surface area contributed by atoms with E-state index in [0.717, 1.165) is 11.8 Å². The van der Waals surface area contributed by atoms with Gasteiger partial charge in [0.2, 0.25) is 0 Å². The molecule has 5 nitrogen and oxygen atoms in total. The molecule has 0 spiro atoms. The Kier molecular flexibility index (Phi) is 2.53. The number of rotatable bonds is 3. The molecule has 0 aliphatic rings. The molecule has 1 unspecified atom stereocenters. The minimum absolute atomic E-state index is 0.123. The largest absolute Gasteiger partial charge is 0.303 e. The monoisotopic (exact) mass is 202 g/mol. The molecule has 2 aromatic heterocycles. The van der Waals surface area contributed by atoms with E-state index in [1.165, 1.54) is 6.33 Å². The fourth-order valence-electron chi connectivity index (χ4n) is 1.21. The smallest absolute Gasteiger partial charge is 0.155 e. The number of aldehydes is 1. The van der Waals surface area contributed by atoms with Gasteiger partial charge in [0.15, 0.2) is 5.82 Å². The average molecular weight is 202 g/mol. The second-order valence-electron chi connectivity index (χ2n) is 3.21. The van der Waals surface area contributed by atoms with Crippen molar-refractivity contribution in [3.8, 4) is 5.82 Å². The first-order valence-electron chi connectivity index (χ1n) is 4.57. The van der Waals surface area contributed by atoms with Crippen LogP contribution in [0, 0.1) is 0 Å². The molecule has 0 aliphatic heterocycles. The molecular formula is C10H10N4O. The summed E-state index contributed by atoms with van der Waals surface area (Å²) in [4.78, 5) is 18.6. The van der Waals surface area contributed by atoms with Crippen LogP contribution in [0.3, 0.4) is 0 Å². The summed E-state index contributed by atoms with van der Waals surface area (Å²) in [6.07, 6.45) is 5.59. The summed E-state index contributed by atoms with van der Waals surface area (Å²) >= 11 is 0. The minimum Gasteiger partial charge on any atom is -0.303 e. The zero-order valence-corrected chi connectivity index (χ0v) is 8.24. The molecule has 0 N–H and O–H groups in total. The zero-order valence-electron chi connectivity index (χ0n) is 8.24. The first kappa shape index (κ1) is 9.51. The molecule has 0 amide bonds. The number of pyridine rings is 1. The first-order valence-corrected chi connectivity index (χ1v) is 4.57. The van der Waals surface area contributed by atoms with Gasteiger partial charge in [0.25, 0.3) is 0 Å². The van der Waals surface area contributed by atoms with Crippen LogP contribution in [-0.2, 0) is 4.79 Å². The average Bonchev–Trinajstić information content (AvgIpc) is 2.82. The number of aromatic nitrogens is 4. The van der Waals surface area contributed by atoms with Gasteiger partial charge in [-0.25, -0.2) is 14.6 Å². The molecular weight excluding hydrogens is 192 g/mol. The summed E-state index contributed by atoms with van der Waals surface area (Å²) in [7, 11) is 0. The molecule has 0 saturated carbocycles. The van der Waals surface area contributed by atoms with Gasteiger partial charge in [-0.2, -0.15) is 5.10 Å². The third-order valence-electron chi connectivity index (χ3n) is 2.15. The van der Waals surface area contributed by atoms with Gasteiger partial charge in [-0.1, -0.05) is 13.0 Å². The van der Waals surface area contributed by atoms with E-state index in [1.807, 2.05) is 19.1 Å². The molecule has 0 aromatic carbocycles. The molecule has 0 radical (unpaired) electrons. The van der Waals surface area contributed by atoms with Gasteiger partial charge in [-0.3, -0.25) is 0 Å². The van der Waals surface area contributed by atoms with Crippen molar-refractivity contribution in [2.75, 3.05) is 0 Å². The Morgan fingerprint density at radius 3 is 2.87 bits per heavy atom. The maximum Gasteiger partial charge on any atom is 0.155 e. The Labute approximate surface area is 86.8 Å². The van der Waals surface area contributed by atoms with E-state index in [9.17, 15) is 4.79 Å². The summed E-state index contributed by atoms with van der Waals surface area (Å²) in [5.74, 6) is 0.566. The molecule has 76 valence electrons. The second-order valence-corrected chi connectivity index (χ2v) is 3.21. The van der Waals surface area contributed by atoms with Crippen LogP contribution in [0.25, 0.3) is 5.82 Å². The van der Waals surface area contributed by atoms with E-state index >= 15 is 0 Å². The lowest BCUT2D eigenvalue weighted by molar-refractivity contribution is -0.108. The molecule has 2 aromatic rings. The maximum absolute atomic E-state index is 10.6. The van der Waals surface area contributed by atoms with Crippen molar-refractivity contribution in [1.29, 1.82) is 0 Å². The predicted molar refractivity (Wildman–Crippen MR) is 53.6 cm³/mol. The van der Waals surface area contributed by atoms with Crippen molar-refractivity contribution < 1.29 is 4.79 Å². The van der Waals surface area contributed by atoms with Crippen molar-refractivity contribution in [2.24, 2.45) is 0 Å². The Balaban J connectivity index is 2.28. The first-order chi connectivity index (χ1) is 7.31. The van der Waals surface area contributed by atoms with Crippen LogP contribution in [0.1, 0.15) is 18.4 Å². The Hall–Kier alpha value is -2.04. The Bertz CT molecular complexity index is 435. The van der Waals surface area contributed by atoms with Crippen LogP contribution in [0.2, 0.25) is 0 Å². The van der Waals surface area contributed by atoms with Gasteiger partial charge in [0, 0.05) is 12.1 Å². The third kappa shape index (κ3) is 1.90. The zero-order chi connectivity index (χ0) is 10.7. The SMILES string of the molecule is CC(C=O)c1ccc(-n2cncn2)nc1. The highest BCUT2D eigenvalue weighted by Gasteiger charge is 2.04. The fraction of sp³-hybridized carbons (Fsp3) is 0.200. The lowest BCUT2D eigenvalue weighted by atomic mass is 10.1. The highest BCUT2D eigenvalue weighted by molar-refractivity contribution is 5.61. The van der Waals surface area contributed by atoms with E-state index in [1.54, 1.807) is 17.2 Å². The maximum atomic E-state index is 10.6. The number of hydrogen-bond donors (Lipinski definition) is 0. The van der Waals surface area contributed by atoms with Crippen molar-refractivity contribution in [3.05, 3.63) is 36.5 Å². The quantitative estimate of drug-likeness (QED) is 0.695. The van der Waals surface area contributed by atoms with Gasteiger partial charge >= 0.3 is 0 Å². The van der Waals surface area contributed by atoms with Crippen molar-refractivity contribution in [2.45, 2.75) is 12.8 Å². The van der Waals surface area contributed by atoms with Gasteiger partial charge in [-0.05, 0) is 11.6 Å². The lowest BCUT2D eigenvalue weighted by Gasteiger charge is -2.04. The summed E-state index contributed by atoms with van der Waals surface area (Å²) in [6, 6.07) is 3.67. The van der Waals surface area contributed by atoms with Gasteiger partial charge in [-0.15, -0.1) is 0 Å².